The first-order valence-electron chi connectivity index (χ1n) is 5.48. The lowest BCUT2D eigenvalue weighted by Gasteiger charge is -2.26. The van der Waals surface area contributed by atoms with Crippen molar-refractivity contribution in [2.24, 2.45) is 0 Å². The molecule has 0 aromatic carbocycles. The van der Waals surface area contributed by atoms with Gasteiger partial charge in [-0.25, -0.2) is 4.98 Å². The molecule has 4 nitrogen and oxygen atoms in total. The van der Waals surface area contributed by atoms with E-state index in [0.717, 1.165) is 37.2 Å². The Bertz CT molecular complexity index is 321. The molecule has 0 atom stereocenters. The first kappa shape index (κ1) is 10.4. The lowest BCUT2D eigenvalue weighted by molar-refractivity contribution is 0.126. The van der Waals surface area contributed by atoms with E-state index in [-0.39, 0.29) is 6.10 Å². The SMILES string of the molecule is Cc1nccnc1NC1CCC(O)CC1. The van der Waals surface area contributed by atoms with E-state index in [1.807, 2.05) is 6.92 Å². The fourth-order valence-corrected chi connectivity index (χ4v) is 1.96. The molecule has 1 aromatic heterocycles. The summed E-state index contributed by atoms with van der Waals surface area (Å²) in [5.41, 5.74) is 0.934. The van der Waals surface area contributed by atoms with E-state index in [9.17, 15) is 5.11 Å². The molecule has 2 rings (SSSR count). The van der Waals surface area contributed by atoms with E-state index in [1.165, 1.54) is 0 Å². The van der Waals surface area contributed by atoms with Crippen LogP contribution in [0, 0.1) is 6.92 Å². The fourth-order valence-electron chi connectivity index (χ4n) is 1.96. The average Bonchev–Trinajstić information content (AvgIpc) is 2.25. The van der Waals surface area contributed by atoms with Crippen LogP contribution in [0.3, 0.4) is 0 Å². The topological polar surface area (TPSA) is 58.0 Å². The van der Waals surface area contributed by atoms with Crippen molar-refractivity contribution in [1.82, 2.24) is 9.97 Å². The predicted octanol–water partition coefficient (Wildman–Crippen LogP) is 1.50. The van der Waals surface area contributed by atoms with Crippen LogP contribution in [0.1, 0.15) is 31.4 Å². The Kier molecular flexibility index (Phi) is 3.16. The highest BCUT2D eigenvalue weighted by atomic mass is 16.3. The number of aliphatic hydroxyl groups excluding tert-OH is 1. The molecule has 1 aliphatic rings. The molecule has 15 heavy (non-hydrogen) atoms. The van der Waals surface area contributed by atoms with Crippen molar-refractivity contribution in [1.29, 1.82) is 0 Å². The van der Waals surface area contributed by atoms with E-state index < -0.39 is 0 Å². The highest BCUT2D eigenvalue weighted by molar-refractivity contribution is 5.39. The maximum Gasteiger partial charge on any atom is 0.147 e. The Morgan fingerprint density at radius 1 is 1.20 bits per heavy atom. The lowest BCUT2D eigenvalue weighted by Crippen LogP contribution is -2.28. The second kappa shape index (κ2) is 4.57. The Balaban J connectivity index is 1.95. The average molecular weight is 207 g/mol. The van der Waals surface area contributed by atoms with Gasteiger partial charge in [0.05, 0.1) is 11.8 Å². The molecule has 0 unspecified atom stereocenters. The van der Waals surface area contributed by atoms with Crippen LogP contribution in [0.25, 0.3) is 0 Å². The van der Waals surface area contributed by atoms with Gasteiger partial charge >= 0.3 is 0 Å². The summed E-state index contributed by atoms with van der Waals surface area (Å²) in [7, 11) is 0. The number of nitrogens with one attached hydrogen (secondary N) is 1. The van der Waals surface area contributed by atoms with Gasteiger partial charge in [0.15, 0.2) is 0 Å². The van der Waals surface area contributed by atoms with Crippen LogP contribution < -0.4 is 5.32 Å². The molecule has 0 radical (unpaired) electrons. The van der Waals surface area contributed by atoms with Gasteiger partial charge in [-0.2, -0.15) is 0 Å². The summed E-state index contributed by atoms with van der Waals surface area (Å²) in [6.45, 7) is 1.95. The minimum absolute atomic E-state index is 0.106. The van der Waals surface area contributed by atoms with Crippen molar-refractivity contribution in [3.05, 3.63) is 18.1 Å². The third kappa shape index (κ3) is 2.65. The van der Waals surface area contributed by atoms with Crippen LogP contribution in [0.15, 0.2) is 12.4 Å². The van der Waals surface area contributed by atoms with Gasteiger partial charge in [0.1, 0.15) is 5.82 Å². The van der Waals surface area contributed by atoms with Gasteiger partial charge in [-0.1, -0.05) is 0 Å². The zero-order valence-electron chi connectivity index (χ0n) is 8.98. The number of aromatic nitrogens is 2. The highest BCUT2D eigenvalue weighted by Gasteiger charge is 2.19. The summed E-state index contributed by atoms with van der Waals surface area (Å²) in [6, 6.07) is 0.434. The molecule has 0 aliphatic heterocycles. The Labute approximate surface area is 89.8 Å². The first-order valence-corrected chi connectivity index (χ1v) is 5.48. The quantitative estimate of drug-likeness (QED) is 0.771. The van der Waals surface area contributed by atoms with Crippen LogP contribution in [0.4, 0.5) is 5.82 Å². The van der Waals surface area contributed by atoms with Gasteiger partial charge in [0.25, 0.3) is 0 Å². The summed E-state index contributed by atoms with van der Waals surface area (Å²) >= 11 is 0. The van der Waals surface area contributed by atoms with Gasteiger partial charge < -0.3 is 10.4 Å². The van der Waals surface area contributed by atoms with Crippen molar-refractivity contribution < 1.29 is 5.11 Å². The third-order valence-electron chi connectivity index (χ3n) is 2.92. The fraction of sp³-hybridized carbons (Fsp3) is 0.636. The van der Waals surface area contributed by atoms with Gasteiger partial charge in [0.2, 0.25) is 0 Å². The number of hydrogen-bond acceptors (Lipinski definition) is 4. The monoisotopic (exact) mass is 207 g/mol. The van der Waals surface area contributed by atoms with Crippen molar-refractivity contribution in [3.63, 3.8) is 0 Å². The summed E-state index contributed by atoms with van der Waals surface area (Å²) < 4.78 is 0. The molecule has 1 heterocycles. The van der Waals surface area contributed by atoms with Gasteiger partial charge in [0, 0.05) is 18.4 Å². The number of rotatable bonds is 2. The van der Waals surface area contributed by atoms with Gasteiger partial charge in [-0.15, -0.1) is 0 Å². The molecular weight excluding hydrogens is 190 g/mol. The largest absolute Gasteiger partial charge is 0.393 e. The van der Waals surface area contributed by atoms with Crippen molar-refractivity contribution in [3.8, 4) is 0 Å². The lowest BCUT2D eigenvalue weighted by atomic mass is 9.93. The minimum atomic E-state index is -0.106. The Morgan fingerprint density at radius 3 is 2.53 bits per heavy atom. The number of aliphatic hydroxyl groups is 1. The molecule has 0 saturated heterocycles. The van der Waals surface area contributed by atoms with Gasteiger partial charge in [-0.05, 0) is 32.6 Å². The van der Waals surface area contributed by atoms with Gasteiger partial charge in [-0.3, -0.25) is 4.98 Å². The number of hydrogen-bond donors (Lipinski definition) is 2. The van der Waals surface area contributed by atoms with Crippen LogP contribution >= 0.6 is 0 Å². The second-order valence-corrected chi connectivity index (χ2v) is 4.14. The van der Waals surface area contributed by atoms with E-state index in [4.69, 9.17) is 0 Å². The molecule has 4 heteroatoms. The van der Waals surface area contributed by atoms with Crippen molar-refractivity contribution in [2.75, 3.05) is 5.32 Å². The van der Waals surface area contributed by atoms with E-state index in [0.29, 0.717) is 6.04 Å². The number of aryl methyl sites for hydroxylation is 1. The molecular formula is C11H17N3O. The smallest absolute Gasteiger partial charge is 0.147 e. The molecule has 1 aromatic rings. The molecule has 82 valence electrons. The van der Waals surface area contributed by atoms with Crippen LogP contribution in [0.5, 0.6) is 0 Å². The normalized spacial score (nSPS) is 26.3. The highest BCUT2D eigenvalue weighted by Crippen LogP contribution is 2.21. The summed E-state index contributed by atoms with van der Waals surface area (Å²) in [5, 5.41) is 12.8. The molecule has 1 saturated carbocycles. The maximum absolute atomic E-state index is 9.39. The third-order valence-corrected chi connectivity index (χ3v) is 2.92. The molecule has 1 fully saturated rings. The Morgan fingerprint density at radius 2 is 1.87 bits per heavy atom. The number of nitrogens with zero attached hydrogens (tertiary/aromatic N) is 2. The molecule has 0 spiro atoms. The molecule has 2 N–H and O–H groups in total. The van der Waals surface area contributed by atoms with E-state index in [2.05, 4.69) is 15.3 Å². The summed E-state index contributed by atoms with van der Waals surface area (Å²) in [6.07, 6.45) is 7.09. The summed E-state index contributed by atoms with van der Waals surface area (Å²) in [4.78, 5) is 8.44. The number of anilines is 1. The molecule has 1 aliphatic carbocycles. The molecule has 0 bridgehead atoms. The zero-order valence-corrected chi connectivity index (χ0v) is 8.98. The Hall–Kier alpha value is -1.16. The van der Waals surface area contributed by atoms with Crippen LogP contribution in [0.2, 0.25) is 0 Å². The standard InChI is InChI=1S/C11H17N3O/c1-8-11(13-7-6-12-8)14-9-2-4-10(15)5-3-9/h6-7,9-10,15H,2-5H2,1H3,(H,13,14). The zero-order chi connectivity index (χ0) is 10.7. The summed E-state index contributed by atoms with van der Waals surface area (Å²) in [5.74, 6) is 0.874. The second-order valence-electron chi connectivity index (χ2n) is 4.14. The molecule has 0 amide bonds. The minimum Gasteiger partial charge on any atom is -0.393 e. The predicted molar refractivity (Wildman–Crippen MR) is 58.7 cm³/mol. The van der Waals surface area contributed by atoms with E-state index >= 15 is 0 Å². The van der Waals surface area contributed by atoms with Crippen molar-refractivity contribution >= 4 is 5.82 Å². The maximum atomic E-state index is 9.39. The first-order chi connectivity index (χ1) is 7.25. The van der Waals surface area contributed by atoms with Crippen LogP contribution in [-0.4, -0.2) is 27.2 Å². The van der Waals surface area contributed by atoms with Crippen LogP contribution in [-0.2, 0) is 0 Å². The van der Waals surface area contributed by atoms with E-state index in [1.54, 1.807) is 12.4 Å². The van der Waals surface area contributed by atoms with Crippen molar-refractivity contribution in [2.45, 2.75) is 44.8 Å².